The molecule has 2 N–H and O–H groups in total. The molecule has 1 heterocycles. The van der Waals surface area contributed by atoms with Crippen LogP contribution in [0, 0.1) is 5.92 Å². The largest absolute Gasteiger partial charge is 0.481 e. The van der Waals surface area contributed by atoms with Gasteiger partial charge in [-0.1, -0.05) is 68.8 Å². The molecule has 28 heavy (non-hydrogen) atoms. The van der Waals surface area contributed by atoms with Crippen molar-refractivity contribution >= 4 is 17.6 Å². The van der Waals surface area contributed by atoms with Crippen LogP contribution in [0.15, 0.2) is 54.6 Å². The van der Waals surface area contributed by atoms with Crippen LogP contribution in [0.5, 0.6) is 0 Å². The third kappa shape index (κ3) is 5.02. The number of hydrogen-bond acceptors (Lipinski definition) is 2. The van der Waals surface area contributed by atoms with Gasteiger partial charge < -0.3 is 5.11 Å². The number of carboxylic acids is 1. The molecule has 1 unspecified atom stereocenters. The summed E-state index contributed by atoms with van der Waals surface area (Å²) in [5, 5.41) is 17.6. The highest BCUT2D eigenvalue weighted by atomic mass is 35.5. The minimum absolute atomic E-state index is 0.0821. The highest BCUT2D eigenvalue weighted by molar-refractivity contribution is 6.30. The Morgan fingerprint density at radius 3 is 2.29 bits per heavy atom. The highest BCUT2D eigenvalue weighted by Crippen LogP contribution is 2.24. The zero-order valence-electron chi connectivity index (χ0n) is 16.4. The van der Waals surface area contributed by atoms with E-state index in [-0.39, 0.29) is 5.41 Å². The summed E-state index contributed by atoms with van der Waals surface area (Å²) in [5.74, 6) is -1.32. The SMILES string of the molecule is CC(C)(C)c1ccc(CC(Cc2cc(-c3ccc(Cl)cc3)n[nH]2)C(=O)O)cc1. The molecule has 0 saturated heterocycles. The number of aromatic nitrogens is 2. The second-order valence-electron chi connectivity index (χ2n) is 8.18. The van der Waals surface area contributed by atoms with Gasteiger partial charge in [-0.15, -0.1) is 0 Å². The number of hydrogen-bond donors (Lipinski definition) is 2. The summed E-state index contributed by atoms with van der Waals surface area (Å²) in [6, 6.07) is 17.6. The molecule has 0 aliphatic rings. The lowest BCUT2D eigenvalue weighted by Gasteiger charge is -2.19. The van der Waals surface area contributed by atoms with Crippen LogP contribution in [0.2, 0.25) is 5.02 Å². The fourth-order valence-electron chi connectivity index (χ4n) is 3.17. The predicted octanol–water partition coefficient (Wildman–Crippen LogP) is 5.51. The molecule has 0 aliphatic heterocycles. The van der Waals surface area contributed by atoms with Crippen LogP contribution < -0.4 is 0 Å². The van der Waals surface area contributed by atoms with Crippen LogP contribution >= 0.6 is 11.6 Å². The first-order chi connectivity index (χ1) is 13.2. The number of aliphatic carboxylic acids is 1. The Morgan fingerprint density at radius 1 is 1.07 bits per heavy atom. The first kappa shape index (κ1) is 20.2. The average Bonchev–Trinajstić information content (AvgIpc) is 3.10. The van der Waals surface area contributed by atoms with E-state index in [4.69, 9.17) is 11.6 Å². The van der Waals surface area contributed by atoms with E-state index in [1.54, 1.807) is 0 Å². The van der Waals surface area contributed by atoms with E-state index in [0.717, 1.165) is 22.5 Å². The topological polar surface area (TPSA) is 66.0 Å². The van der Waals surface area contributed by atoms with Crippen LogP contribution in [0.4, 0.5) is 0 Å². The first-order valence-corrected chi connectivity index (χ1v) is 9.72. The maximum Gasteiger partial charge on any atom is 0.307 e. The Morgan fingerprint density at radius 2 is 1.71 bits per heavy atom. The van der Waals surface area contributed by atoms with E-state index < -0.39 is 11.9 Å². The molecule has 0 fully saturated rings. The second kappa shape index (κ2) is 8.19. The molecule has 0 bridgehead atoms. The van der Waals surface area contributed by atoms with Gasteiger partial charge in [-0.2, -0.15) is 5.10 Å². The number of carboxylic acid groups (broad SMARTS) is 1. The van der Waals surface area contributed by atoms with Crippen LogP contribution in [0.3, 0.4) is 0 Å². The summed E-state index contributed by atoms with van der Waals surface area (Å²) in [6.45, 7) is 6.50. The van der Waals surface area contributed by atoms with Gasteiger partial charge in [0, 0.05) is 22.7 Å². The van der Waals surface area contributed by atoms with Crippen LogP contribution in [0.25, 0.3) is 11.3 Å². The number of aromatic amines is 1. The lowest BCUT2D eigenvalue weighted by Crippen LogP contribution is -2.19. The van der Waals surface area contributed by atoms with Gasteiger partial charge in [-0.3, -0.25) is 9.89 Å². The van der Waals surface area contributed by atoms with Crippen LogP contribution in [-0.4, -0.2) is 21.3 Å². The number of carbonyl (C=O) groups is 1. The monoisotopic (exact) mass is 396 g/mol. The molecule has 0 aliphatic carbocycles. The number of rotatable bonds is 6. The van der Waals surface area contributed by atoms with Gasteiger partial charge in [0.1, 0.15) is 0 Å². The van der Waals surface area contributed by atoms with Gasteiger partial charge in [0.15, 0.2) is 0 Å². The van der Waals surface area contributed by atoms with Crippen molar-refractivity contribution in [3.8, 4) is 11.3 Å². The minimum Gasteiger partial charge on any atom is -0.481 e. The van der Waals surface area contributed by atoms with Crippen molar-refractivity contribution in [1.29, 1.82) is 0 Å². The van der Waals surface area contributed by atoms with Crippen molar-refractivity contribution in [1.82, 2.24) is 10.2 Å². The van der Waals surface area contributed by atoms with E-state index in [1.165, 1.54) is 5.56 Å². The third-order valence-corrected chi connectivity index (χ3v) is 5.14. The molecule has 5 heteroatoms. The van der Waals surface area contributed by atoms with E-state index in [9.17, 15) is 9.90 Å². The smallest absolute Gasteiger partial charge is 0.307 e. The molecule has 0 saturated carbocycles. The van der Waals surface area contributed by atoms with Crippen molar-refractivity contribution in [3.05, 3.63) is 76.4 Å². The van der Waals surface area contributed by atoms with Gasteiger partial charge >= 0.3 is 5.97 Å². The fourth-order valence-corrected chi connectivity index (χ4v) is 3.30. The molecule has 1 atom stereocenters. The fraction of sp³-hybridized carbons (Fsp3) is 0.304. The van der Waals surface area contributed by atoms with E-state index in [1.807, 2.05) is 42.5 Å². The molecular formula is C23H25ClN2O2. The average molecular weight is 397 g/mol. The Bertz CT molecular complexity index is 938. The summed E-state index contributed by atoms with van der Waals surface area (Å²) in [6.07, 6.45) is 0.881. The van der Waals surface area contributed by atoms with Crippen LogP contribution in [0.1, 0.15) is 37.6 Å². The van der Waals surface area contributed by atoms with Gasteiger partial charge in [-0.25, -0.2) is 0 Å². The lowest BCUT2D eigenvalue weighted by molar-refractivity contribution is -0.141. The number of nitrogens with zero attached hydrogens (tertiary/aromatic N) is 1. The van der Waals surface area contributed by atoms with Gasteiger partial charge in [-0.05, 0) is 41.2 Å². The molecule has 0 radical (unpaired) electrons. The van der Waals surface area contributed by atoms with Crippen molar-refractivity contribution in [2.45, 2.75) is 39.0 Å². The summed E-state index contributed by atoms with van der Waals surface area (Å²) < 4.78 is 0. The molecule has 1 aromatic heterocycles. The normalized spacial score (nSPS) is 12.7. The van der Waals surface area contributed by atoms with Crippen molar-refractivity contribution < 1.29 is 9.90 Å². The molecule has 146 valence electrons. The van der Waals surface area contributed by atoms with Crippen molar-refractivity contribution in [3.63, 3.8) is 0 Å². The standard InChI is InChI=1S/C23H25ClN2O2/c1-23(2,3)18-8-4-15(5-9-18)12-17(22(27)28)13-20-14-21(26-25-20)16-6-10-19(24)11-7-16/h4-11,14,17H,12-13H2,1-3H3,(H,25,26)(H,27,28). The summed E-state index contributed by atoms with van der Waals surface area (Å²) in [4.78, 5) is 11.8. The molecular weight excluding hydrogens is 372 g/mol. The maximum atomic E-state index is 11.8. The quantitative estimate of drug-likeness (QED) is 0.577. The summed E-state index contributed by atoms with van der Waals surface area (Å²) in [5.41, 5.74) is 4.88. The molecule has 3 rings (SSSR count). The Balaban J connectivity index is 1.71. The van der Waals surface area contributed by atoms with E-state index >= 15 is 0 Å². The third-order valence-electron chi connectivity index (χ3n) is 4.89. The maximum absolute atomic E-state index is 11.8. The number of nitrogens with one attached hydrogen (secondary N) is 1. The lowest BCUT2D eigenvalue weighted by atomic mass is 9.85. The Labute approximate surface area is 170 Å². The number of H-pyrrole nitrogens is 1. The van der Waals surface area contributed by atoms with Gasteiger partial charge in [0.25, 0.3) is 0 Å². The summed E-state index contributed by atoms with van der Waals surface area (Å²) >= 11 is 5.93. The van der Waals surface area contributed by atoms with E-state index in [2.05, 4.69) is 43.1 Å². The number of benzene rings is 2. The zero-order chi connectivity index (χ0) is 20.3. The minimum atomic E-state index is -0.803. The van der Waals surface area contributed by atoms with Crippen molar-refractivity contribution in [2.24, 2.45) is 5.92 Å². The first-order valence-electron chi connectivity index (χ1n) is 9.35. The molecule has 2 aromatic carbocycles. The molecule has 4 nitrogen and oxygen atoms in total. The Hall–Kier alpha value is -2.59. The van der Waals surface area contributed by atoms with Crippen molar-refractivity contribution in [2.75, 3.05) is 0 Å². The second-order valence-corrected chi connectivity index (χ2v) is 8.61. The van der Waals surface area contributed by atoms with Crippen LogP contribution in [-0.2, 0) is 23.1 Å². The Kier molecular flexibility index (Phi) is 5.90. The van der Waals surface area contributed by atoms with E-state index in [0.29, 0.717) is 17.9 Å². The predicted molar refractivity (Wildman–Crippen MR) is 113 cm³/mol. The number of halogens is 1. The molecule has 0 spiro atoms. The molecule has 0 amide bonds. The zero-order valence-corrected chi connectivity index (χ0v) is 17.1. The van der Waals surface area contributed by atoms with Gasteiger partial charge in [0.2, 0.25) is 0 Å². The highest BCUT2D eigenvalue weighted by Gasteiger charge is 2.21. The van der Waals surface area contributed by atoms with Gasteiger partial charge in [0.05, 0.1) is 11.6 Å². The summed E-state index contributed by atoms with van der Waals surface area (Å²) in [7, 11) is 0. The molecule has 3 aromatic rings.